The Labute approximate surface area is 195 Å². The predicted octanol–water partition coefficient (Wildman–Crippen LogP) is 1.64. The lowest BCUT2D eigenvalue weighted by Gasteiger charge is -2.47. The van der Waals surface area contributed by atoms with Gasteiger partial charge in [0.1, 0.15) is 0 Å². The number of ether oxygens (including phenoxy) is 3. The number of carbonyl (C=O) groups is 2. The van der Waals surface area contributed by atoms with Crippen molar-refractivity contribution in [3.63, 3.8) is 0 Å². The Morgan fingerprint density at radius 3 is 2.09 bits per heavy atom. The molecule has 5 N–H and O–H groups in total. The fraction of sp³-hybridized carbons (Fsp3) is 0.652. The van der Waals surface area contributed by atoms with Crippen molar-refractivity contribution in [2.24, 2.45) is 0 Å². The molecule has 1 unspecified atom stereocenters. The zero-order chi connectivity index (χ0) is 25.2. The average Bonchev–Trinajstić information content (AvgIpc) is 2.70. The number of carboxylic acid groups (broad SMARTS) is 2. The monoisotopic (exact) mass is 470 g/mol. The van der Waals surface area contributed by atoms with E-state index in [-0.39, 0.29) is 11.1 Å². The number of carboxylic acids is 2. The topological polar surface area (TPSA) is 147 Å². The first-order chi connectivity index (χ1) is 15.3. The summed E-state index contributed by atoms with van der Waals surface area (Å²) in [5, 5.41) is 32.2. The number of aliphatic hydroxyl groups excluding tert-OH is 1. The number of nitrogens with one attached hydrogen (secondary N) is 2. The number of aliphatic hydroxyl groups is 1. The third-order valence-corrected chi connectivity index (χ3v) is 5.04. The van der Waals surface area contributed by atoms with Gasteiger partial charge in [0.05, 0.1) is 33.5 Å². The van der Waals surface area contributed by atoms with Crippen LogP contribution in [0.2, 0.25) is 0 Å². The molecule has 1 heterocycles. The van der Waals surface area contributed by atoms with E-state index in [9.17, 15) is 5.11 Å². The molecule has 0 aliphatic carbocycles. The molecule has 2 rings (SSSR count). The second-order valence-electron chi connectivity index (χ2n) is 9.37. The van der Waals surface area contributed by atoms with E-state index in [1.54, 1.807) is 14.2 Å². The van der Waals surface area contributed by atoms with E-state index >= 15 is 0 Å². The van der Waals surface area contributed by atoms with Gasteiger partial charge in [-0.1, -0.05) is 6.07 Å². The summed E-state index contributed by atoms with van der Waals surface area (Å²) in [7, 11) is 3.23. The van der Waals surface area contributed by atoms with Crippen LogP contribution in [0.25, 0.3) is 0 Å². The van der Waals surface area contributed by atoms with Crippen LogP contribution in [0, 0.1) is 0 Å². The minimum Gasteiger partial charge on any atom is -0.493 e. The van der Waals surface area contributed by atoms with Gasteiger partial charge in [0.15, 0.2) is 11.5 Å². The molecule has 0 spiro atoms. The highest BCUT2D eigenvalue weighted by Crippen LogP contribution is 2.29. The van der Waals surface area contributed by atoms with Crippen LogP contribution < -0.4 is 20.1 Å². The van der Waals surface area contributed by atoms with Crippen LogP contribution in [0.1, 0.15) is 46.1 Å². The quantitative estimate of drug-likeness (QED) is 0.337. The molecule has 1 aromatic rings. The molecular weight excluding hydrogens is 432 g/mol. The molecule has 1 aromatic carbocycles. The SMILES string of the molecule is COc1ccc(COCC(O)CNC2CC(C)(C)NC(C)(C)C2)cc1OC.O=C(O)C(=O)O. The summed E-state index contributed by atoms with van der Waals surface area (Å²) >= 11 is 0. The summed E-state index contributed by atoms with van der Waals surface area (Å²) in [6.45, 7) is 10.2. The molecule has 0 bridgehead atoms. The molecule has 0 amide bonds. The van der Waals surface area contributed by atoms with Gasteiger partial charge in [0.2, 0.25) is 0 Å². The Hall–Kier alpha value is -2.40. The Morgan fingerprint density at radius 2 is 1.61 bits per heavy atom. The molecule has 1 saturated heterocycles. The van der Waals surface area contributed by atoms with E-state index in [0.29, 0.717) is 37.3 Å². The maximum atomic E-state index is 10.3. The fourth-order valence-corrected chi connectivity index (χ4v) is 4.11. The van der Waals surface area contributed by atoms with Gasteiger partial charge >= 0.3 is 11.9 Å². The van der Waals surface area contributed by atoms with Gasteiger partial charge in [-0.2, -0.15) is 0 Å². The van der Waals surface area contributed by atoms with Gasteiger partial charge in [0, 0.05) is 23.7 Å². The van der Waals surface area contributed by atoms with Crippen molar-refractivity contribution in [1.29, 1.82) is 0 Å². The van der Waals surface area contributed by atoms with Crippen LogP contribution >= 0.6 is 0 Å². The van der Waals surface area contributed by atoms with Crippen molar-refractivity contribution in [1.82, 2.24) is 10.6 Å². The molecule has 33 heavy (non-hydrogen) atoms. The number of hydrogen-bond acceptors (Lipinski definition) is 8. The number of rotatable bonds is 9. The zero-order valence-electron chi connectivity index (χ0n) is 20.3. The second-order valence-corrected chi connectivity index (χ2v) is 9.37. The Bertz CT molecular complexity index is 754. The smallest absolute Gasteiger partial charge is 0.414 e. The summed E-state index contributed by atoms with van der Waals surface area (Å²) in [5.41, 5.74) is 1.16. The maximum Gasteiger partial charge on any atom is 0.414 e. The highest BCUT2D eigenvalue weighted by atomic mass is 16.5. The Morgan fingerprint density at radius 1 is 1.06 bits per heavy atom. The average molecular weight is 471 g/mol. The predicted molar refractivity (Wildman–Crippen MR) is 123 cm³/mol. The normalized spacial score (nSPS) is 17.9. The molecule has 1 aliphatic heterocycles. The van der Waals surface area contributed by atoms with Crippen molar-refractivity contribution in [3.8, 4) is 11.5 Å². The number of hydrogen-bond donors (Lipinski definition) is 5. The molecule has 0 aromatic heterocycles. The molecule has 188 valence electrons. The fourth-order valence-electron chi connectivity index (χ4n) is 4.11. The van der Waals surface area contributed by atoms with E-state index in [0.717, 1.165) is 18.4 Å². The highest BCUT2D eigenvalue weighted by molar-refractivity contribution is 6.27. The number of benzene rings is 1. The minimum atomic E-state index is -1.82. The minimum absolute atomic E-state index is 0.0916. The molecule has 1 atom stereocenters. The van der Waals surface area contributed by atoms with Gasteiger partial charge in [-0.15, -0.1) is 0 Å². The van der Waals surface area contributed by atoms with E-state index in [4.69, 9.17) is 34.0 Å². The largest absolute Gasteiger partial charge is 0.493 e. The summed E-state index contributed by atoms with van der Waals surface area (Å²) in [6, 6.07) is 6.07. The van der Waals surface area contributed by atoms with E-state index in [2.05, 4.69) is 38.3 Å². The van der Waals surface area contributed by atoms with Gasteiger partial charge in [-0.25, -0.2) is 9.59 Å². The van der Waals surface area contributed by atoms with Crippen molar-refractivity contribution in [2.75, 3.05) is 27.4 Å². The first-order valence-corrected chi connectivity index (χ1v) is 10.7. The standard InChI is InChI=1S/C21H36N2O4.C2H2O4/c1-20(2)10-16(11-21(3,4)23-20)22-12-17(24)14-27-13-15-7-8-18(25-5)19(9-15)26-6;3-1(4)2(5)6/h7-9,16-17,22-24H,10-14H2,1-6H3;(H,3,4)(H,5,6). The molecule has 10 nitrogen and oxygen atoms in total. The number of methoxy groups -OCH3 is 2. The third kappa shape index (κ3) is 10.8. The summed E-state index contributed by atoms with van der Waals surface area (Å²) in [4.78, 5) is 18.2. The first kappa shape index (κ1) is 28.6. The van der Waals surface area contributed by atoms with Crippen molar-refractivity contribution >= 4 is 11.9 Å². The molecule has 1 fully saturated rings. The van der Waals surface area contributed by atoms with Gasteiger partial charge in [0.25, 0.3) is 0 Å². The summed E-state index contributed by atoms with van der Waals surface area (Å²) in [6.07, 6.45) is 1.54. The van der Waals surface area contributed by atoms with Crippen LogP contribution in [0.15, 0.2) is 18.2 Å². The molecule has 0 radical (unpaired) electrons. The van der Waals surface area contributed by atoms with Crippen LogP contribution in [0.5, 0.6) is 11.5 Å². The molecule has 1 aliphatic rings. The summed E-state index contributed by atoms with van der Waals surface area (Å²) < 4.78 is 16.2. The number of piperidine rings is 1. The lowest BCUT2D eigenvalue weighted by atomic mass is 9.79. The zero-order valence-corrected chi connectivity index (χ0v) is 20.3. The molecular formula is C23H38N2O8. The Kier molecular flexibility index (Phi) is 11.1. The van der Waals surface area contributed by atoms with Crippen LogP contribution in [0.3, 0.4) is 0 Å². The van der Waals surface area contributed by atoms with E-state index < -0.39 is 18.0 Å². The van der Waals surface area contributed by atoms with Crippen LogP contribution in [-0.4, -0.2) is 77.9 Å². The van der Waals surface area contributed by atoms with Gasteiger partial charge in [-0.05, 0) is 58.2 Å². The lowest BCUT2D eigenvalue weighted by molar-refractivity contribution is -0.159. The second kappa shape index (κ2) is 12.7. The lowest BCUT2D eigenvalue weighted by Crippen LogP contribution is -2.62. The molecule has 10 heteroatoms. The third-order valence-electron chi connectivity index (χ3n) is 5.04. The first-order valence-electron chi connectivity index (χ1n) is 10.7. The molecule has 0 saturated carbocycles. The van der Waals surface area contributed by atoms with Crippen LogP contribution in [0.4, 0.5) is 0 Å². The highest BCUT2D eigenvalue weighted by Gasteiger charge is 2.37. The summed E-state index contributed by atoms with van der Waals surface area (Å²) in [5.74, 6) is -2.28. The van der Waals surface area contributed by atoms with E-state index in [1.165, 1.54) is 0 Å². The van der Waals surface area contributed by atoms with Gasteiger partial charge < -0.3 is 40.2 Å². The Balaban J connectivity index is 0.000000801. The van der Waals surface area contributed by atoms with Gasteiger partial charge in [-0.3, -0.25) is 0 Å². The van der Waals surface area contributed by atoms with E-state index in [1.807, 2.05) is 18.2 Å². The maximum absolute atomic E-state index is 10.3. The van der Waals surface area contributed by atoms with Crippen molar-refractivity contribution in [2.45, 2.75) is 70.4 Å². The number of aliphatic carboxylic acids is 2. The van der Waals surface area contributed by atoms with Crippen molar-refractivity contribution < 1.29 is 39.1 Å². The van der Waals surface area contributed by atoms with Crippen molar-refractivity contribution in [3.05, 3.63) is 23.8 Å². The van der Waals surface area contributed by atoms with Crippen LogP contribution in [-0.2, 0) is 20.9 Å².